The van der Waals surface area contributed by atoms with E-state index in [9.17, 15) is 13.6 Å². The van der Waals surface area contributed by atoms with Crippen molar-refractivity contribution in [3.05, 3.63) is 71.9 Å². The molecule has 5 nitrogen and oxygen atoms in total. The molecule has 1 N–H and O–H groups in total. The standard InChI is InChI=1S/C20H20F2N4OS/c1-13(2)17-23-9-10-26(17)12-14-5-3-6-15(11-14)25-18(27)16-7-4-8-24-19(16)28-20(21)22/h3-11,13,20H,12H2,1-2H3,(H,25,27). The lowest BCUT2D eigenvalue weighted by Gasteiger charge is -2.12. The van der Waals surface area contributed by atoms with Crippen molar-refractivity contribution in [3.8, 4) is 0 Å². The van der Waals surface area contributed by atoms with Crippen molar-refractivity contribution in [3.63, 3.8) is 0 Å². The van der Waals surface area contributed by atoms with E-state index in [1.165, 1.54) is 12.3 Å². The van der Waals surface area contributed by atoms with Crippen LogP contribution in [0.4, 0.5) is 14.5 Å². The van der Waals surface area contributed by atoms with Gasteiger partial charge in [-0.3, -0.25) is 4.79 Å². The van der Waals surface area contributed by atoms with Crippen LogP contribution in [0.3, 0.4) is 0 Å². The highest BCUT2D eigenvalue weighted by Gasteiger charge is 2.17. The van der Waals surface area contributed by atoms with Crippen molar-refractivity contribution in [2.75, 3.05) is 5.32 Å². The minimum Gasteiger partial charge on any atom is -0.330 e. The van der Waals surface area contributed by atoms with Gasteiger partial charge in [0, 0.05) is 36.7 Å². The molecule has 0 aliphatic carbocycles. The Kier molecular flexibility index (Phi) is 6.41. The minimum atomic E-state index is -2.64. The van der Waals surface area contributed by atoms with Crippen LogP contribution in [0.1, 0.15) is 41.5 Å². The zero-order valence-electron chi connectivity index (χ0n) is 15.5. The molecule has 0 unspecified atom stereocenters. The second-order valence-corrected chi connectivity index (χ2v) is 7.44. The van der Waals surface area contributed by atoms with E-state index in [1.807, 2.05) is 24.4 Å². The van der Waals surface area contributed by atoms with Crippen LogP contribution >= 0.6 is 11.8 Å². The number of rotatable bonds is 7. The number of amides is 1. The molecule has 28 heavy (non-hydrogen) atoms. The van der Waals surface area contributed by atoms with Crippen molar-refractivity contribution in [2.24, 2.45) is 0 Å². The molecule has 2 heterocycles. The monoisotopic (exact) mass is 402 g/mol. The van der Waals surface area contributed by atoms with Crippen molar-refractivity contribution >= 4 is 23.4 Å². The third-order valence-corrected chi connectivity index (χ3v) is 4.75. The van der Waals surface area contributed by atoms with Gasteiger partial charge in [-0.2, -0.15) is 8.78 Å². The largest absolute Gasteiger partial charge is 0.330 e. The molecule has 2 aromatic heterocycles. The number of carbonyl (C=O) groups is 1. The van der Waals surface area contributed by atoms with Crippen molar-refractivity contribution in [1.82, 2.24) is 14.5 Å². The number of anilines is 1. The highest BCUT2D eigenvalue weighted by molar-refractivity contribution is 7.99. The first kappa shape index (κ1) is 20.0. The van der Waals surface area contributed by atoms with Crippen LogP contribution < -0.4 is 5.32 Å². The molecule has 0 saturated heterocycles. The molecule has 1 aromatic carbocycles. The Morgan fingerprint density at radius 3 is 2.75 bits per heavy atom. The summed E-state index contributed by atoms with van der Waals surface area (Å²) in [5.41, 5.74) is 1.70. The van der Waals surface area contributed by atoms with Gasteiger partial charge in [-0.05, 0) is 41.6 Å². The van der Waals surface area contributed by atoms with Gasteiger partial charge in [0.2, 0.25) is 0 Å². The number of imidazole rings is 1. The van der Waals surface area contributed by atoms with Gasteiger partial charge in [-0.1, -0.05) is 26.0 Å². The van der Waals surface area contributed by atoms with Gasteiger partial charge >= 0.3 is 0 Å². The molecular formula is C20H20F2N4OS. The molecule has 3 rings (SSSR count). The zero-order chi connectivity index (χ0) is 20.1. The maximum Gasteiger partial charge on any atom is 0.290 e. The quantitative estimate of drug-likeness (QED) is 0.564. The molecule has 0 fully saturated rings. The van der Waals surface area contributed by atoms with Gasteiger partial charge in [0.25, 0.3) is 11.7 Å². The fourth-order valence-corrected chi connectivity index (χ4v) is 3.42. The second kappa shape index (κ2) is 8.97. The van der Waals surface area contributed by atoms with Crippen LogP contribution in [0.2, 0.25) is 0 Å². The second-order valence-electron chi connectivity index (χ2n) is 6.46. The lowest BCUT2D eigenvalue weighted by atomic mass is 10.1. The first-order valence-electron chi connectivity index (χ1n) is 8.75. The molecule has 3 aromatic rings. The average Bonchev–Trinajstić information content (AvgIpc) is 3.10. The first-order valence-corrected chi connectivity index (χ1v) is 9.63. The Morgan fingerprint density at radius 2 is 2.00 bits per heavy atom. The highest BCUT2D eigenvalue weighted by Crippen LogP contribution is 2.27. The Hall–Kier alpha value is -2.74. The fraction of sp³-hybridized carbons (Fsp3) is 0.250. The third-order valence-electron chi connectivity index (χ3n) is 4.02. The van der Waals surface area contributed by atoms with Gasteiger partial charge in [-0.25, -0.2) is 9.97 Å². The number of alkyl halides is 2. The number of aromatic nitrogens is 3. The predicted molar refractivity (Wildman–Crippen MR) is 106 cm³/mol. The minimum absolute atomic E-state index is 0.00569. The molecule has 0 aliphatic heterocycles. The Morgan fingerprint density at radius 1 is 1.18 bits per heavy atom. The number of pyridine rings is 1. The molecule has 0 aliphatic rings. The molecule has 0 spiro atoms. The molecular weight excluding hydrogens is 382 g/mol. The summed E-state index contributed by atoms with van der Waals surface area (Å²) in [6.45, 7) is 4.79. The zero-order valence-corrected chi connectivity index (χ0v) is 16.3. The molecule has 0 atom stereocenters. The lowest BCUT2D eigenvalue weighted by molar-refractivity contribution is 0.102. The smallest absolute Gasteiger partial charge is 0.290 e. The van der Waals surface area contributed by atoms with Crippen molar-refractivity contribution < 1.29 is 13.6 Å². The lowest BCUT2D eigenvalue weighted by Crippen LogP contribution is -2.14. The SMILES string of the molecule is CC(C)c1nccn1Cc1cccc(NC(=O)c2cccnc2SC(F)F)c1. The van der Waals surface area contributed by atoms with Crippen molar-refractivity contribution in [1.29, 1.82) is 0 Å². The number of hydrogen-bond acceptors (Lipinski definition) is 4. The van der Waals surface area contributed by atoms with Gasteiger partial charge in [0.1, 0.15) is 10.9 Å². The third kappa shape index (κ3) is 4.95. The molecule has 0 saturated carbocycles. The van der Waals surface area contributed by atoms with Crippen LogP contribution in [0.25, 0.3) is 0 Å². The maximum atomic E-state index is 12.7. The van der Waals surface area contributed by atoms with Crippen LogP contribution in [0.15, 0.2) is 60.0 Å². The van der Waals surface area contributed by atoms with E-state index in [4.69, 9.17) is 0 Å². The van der Waals surface area contributed by atoms with Gasteiger partial charge < -0.3 is 9.88 Å². The topological polar surface area (TPSA) is 59.8 Å². The molecule has 146 valence electrons. The van der Waals surface area contributed by atoms with Crippen LogP contribution in [0.5, 0.6) is 0 Å². The van der Waals surface area contributed by atoms with E-state index in [1.54, 1.807) is 18.3 Å². The van der Waals surface area contributed by atoms with E-state index in [0.29, 0.717) is 18.2 Å². The summed E-state index contributed by atoms with van der Waals surface area (Å²) in [6, 6.07) is 10.5. The summed E-state index contributed by atoms with van der Waals surface area (Å²) in [5, 5.41) is 2.77. The summed E-state index contributed by atoms with van der Waals surface area (Å²) in [7, 11) is 0. The Bertz CT molecular complexity index is 959. The summed E-state index contributed by atoms with van der Waals surface area (Å²) in [6.07, 6.45) is 5.08. The molecule has 1 amide bonds. The van der Waals surface area contributed by atoms with Crippen LogP contribution in [-0.4, -0.2) is 26.2 Å². The van der Waals surface area contributed by atoms with Crippen LogP contribution in [-0.2, 0) is 6.54 Å². The number of hydrogen-bond donors (Lipinski definition) is 1. The first-order chi connectivity index (χ1) is 13.4. The Balaban J connectivity index is 1.76. The number of carbonyl (C=O) groups excluding carboxylic acids is 1. The molecule has 0 bridgehead atoms. The number of nitrogens with one attached hydrogen (secondary N) is 1. The summed E-state index contributed by atoms with van der Waals surface area (Å²) >= 11 is 0.259. The van der Waals surface area contributed by atoms with Gasteiger partial charge in [0.05, 0.1) is 5.56 Å². The van der Waals surface area contributed by atoms with Crippen LogP contribution in [0, 0.1) is 0 Å². The molecule has 8 heteroatoms. The number of halogens is 2. The number of thioether (sulfide) groups is 1. The average molecular weight is 402 g/mol. The predicted octanol–water partition coefficient (Wildman–Crippen LogP) is 5.02. The van der Waals surface area contributed by atoms with Gasteiger partial charge in [-0.15, -0.1) is 0 Å². The molecule has 0 radical (unpaired) electrons. The normalized spacial score (nSPS) is 11.2. The number of benzene rings is 1. The highest BCUT2D eigenvalue weighted by atomic mass is 32.2. The summed E-state index contributed by atoms with van der Waals surface area (Å²) in [5.74, 6) is -1.83. The Labute approximate surface area is 166 Å². The van der Waals surface area contributed by atoms with E-state index in [2.05, 4.69) is 33.7 Å². The van der Waals surface area contributed by atoms with Gasteiger partial charge in [0.15, 0.2) is 0 Å². The van der Waals surface area contributed by atoms with E-state index in [0.717, 1.165) is 11.4 Å². The van der Waals surface area contributed by atoms with E-state index >= 15 is 0 Å². The summed E-state index contributed by atoms with van der Waals surface area (Å²) < 4.78 is 27.5. The maximum absolute atomic E-state index is 12.7. The van der Waals surface area contributed by atoms with Crippen molar-refractivity contribution in [2.45, 2.75) is 37.1 Å². The summed E-state index contributed by atoms with van der Waals surface area (Å²) in [4.78, 5) is 20.8. The van der Waals surface area contributed by atoms with E-state index in [-0.39, 0.29) is 22.4 Å². The number of nitrogens with zero attached hydrogens (tertiary/aromatic N) is 3. The van der Waals surface area contributed by atoms with E-state index < -0.39 is 11.7 Å². The fourth-order valence-electron chi connectivity index (χ4n) is 2.84.